The Morgan fingerprint density at radius 3 is 2.60 bits per heavy atom. The van der Waals surface area contributed by atoms with Gasteiger partial charge in [0.25, 0.3) is 0 Å². The summed E-state index contributed by atoms with van der Waals surface area (Å²) < 4.78 is 7.29. The Morgan fingerprint density at radius 1 is 0.950 bits per heavy atom. The standard InChI is InChI=1S/C33H33N5O2/c1-23-17-28(26-12-8-13-29(18-26)40-2)19-32(36-23)37(33(39)25-9-4-3-5-10-25)22-24-15-16-31(34-20-24)38-30-14-7-6-11-27(30)21-35-38/h6-8,11-21,25H,3-5,9-10,22H2,1-2H3. The first-order chi connectivity index (χ1) is 19.6. The molecule has 3 aromatic heterocycles. The van der Waals surface area contributed by atoms with Crippen LogP contribution in [0.4, 0.5) is 5.82 Å². The van der Waals surface area contributed by atoms with E-state index in [0.717, 1.165) is 70.5 Å². The summed E-state index contributed by atoms with van der Waals surface area (Å²) in [5, 5.41) is 5.59. The Kier molecular flexibility index (Phi) is 7.27. The van der Waals surface area contributed by atoms with Gasteiger partial charge in [-0.05, 0) is 72.9 Å². The summed E-state index contributed by atoms with van der Waals surface area (Å²) in [4.78, 5) is 25.4. The third kappa shape index (κ3) is 5.32. The van der Waals surface area contributed by atoms with E-state index in [-0.39, 0.29) is 11.8 Å². The third-order valence-corrected chi connectivity index (χ3v) is 7.68. The minimum Gasteiger partial charge on any atom is -0.497 e. The first-order valence-corrected chi connectivity index (χ1v) is 13.9. The molecule has 0 aliphatic heterocycles. The Morgan fingerprint density at radius 2 is 1.80 bits per heavy atom. The maximum atomic E-state index is 14.0. The molecule has 5 aromatic rings. The second-order valence-electron chi connectivity index (χ2n) is 10.5. The van der Waals surface area contributed by atoms with Gasteiger partial charge in [0.1, 0.15) is 11.6 Å². The normalized spacial score (nSPS) is 13.8. The topological polar surface area (TPSA) is 73.1 Å². The first kappa shape index (κ1) is 25.7. The second kappa shape index (κ2) is 11.3. The molecule has 0 unspecified atom stereocenters. The molecule has 1 aliphatic rings. The number of para-hydroxylation sites is 1. The number of anilines is 1. The Balaban J connectivity index is 1.34. The molecule has 3 heterocycles. The van der Waals surface area contributed by atoms with Crippen LogP contribution in [0.5, 0.6) is 5.75 Å². The van der Waals surface area contributed by atoms with Crippen molar-refractivity contribution in [2.24, 2.45) is 5.92 Å². The fraction of sp³-hybridized carbons (Fsp3) is 0.273. The van der Waals surface area contributed by atoms with Crippen LogP contribution in [0.1, 0.15) is 43.4 Å². The van der Waals surface area contributed by atoms with E-state index in [2.05, 4.69) is 11.2 Å². The lowest BCUT2D eigenvalue weighted by atomic mass is 9.88. The van der Waals surface area contributed by atoms with Crippen molar-refractivity contribution in [3.63, 3.8) is 0 Å². The minimum atomic E-state index is 0.0130. The highest BCUT2D eigenvalue weighted by atomic mass is 16.5. The lowest BCUT2D eigenvalue weighted by Crippen LogP contribution is -2.37. The van der Waals surface area contributed by atoms with Gasteiger partial charge < -0.3 is 4.74 Å². The number of aryl methyl sites for hydroxylation is 1. The molecule has 0 N–H and O–H groups in total. The molecule has 0 radical (unpaired) electrons. The van der Waals surface area contributed by atoms with Crippen molar-refractivity contribution in [1.82, 2.24) is 19.7 Å². The van der Waals surface area contributed by atoms with Gasteiger partial charge in [-0.2, -0.15) is 5.10 Å². The van der Waals surface area contributed by atoms with E-state index in [1.807, 2.05) is 95.6 Å². The van der Waals surface area contributed by atoms with Crippen molar-refractivity contribution in [3.8, 4) is 22.7 Å². The van der Waals surface area contributed by atoms with E-state index in [9.17, 15) is 4.79 Å². The quantitative estimate of drug-likeness (QED) is 0.228. The largest absolute Gasteiger partial charge is 0.497 e. The first-order valence-electron chi connectivity index (χ1n) is 13.9. The molecule has 6 rings (SSSR count). The Hall–Kier alpha value is -4.52. The molecular weight excluding hydrogens is 498 g/mol. The van der Waals surface area contributed by atoms with Crippen LogP contribution >= 0.6 is 0 Å². The number of ether oxygens (including phenoxy) is 1. The molecule has 1 saturated carbocycles. The van der Waals surface area contributed by atoms with Crippen LogP contribution in [0.15, 0.2) is 85.2 Å². The number of carbonyl (C=O) groups excluding carboxylic acids is 1. The SMILES string of the molecule is COc1cccc(-c2cc(C)nc(N(Cc3ccc(-n4ncc5ccccc54)nc3)C(=O)C3CCCCC3)c2)c1. The molecule has 7 nitrogen and oxygen atoms in total. The number of rotatable bonds is 7. The maximum absolute atomic E-state index is 14.0. The van der Waals surface area contributed by atoms with Crippen molar-refractivity contribution in [1.29, 1.82) is 0 Å². The minimum absolute atomic E-state index is 0.0130. The van der Waals surface area contributed by atoms with Gasteiger partial charge in [0.05, 0.1) is 25.4 Å². The van der Waals surface area contributed by atoms with Gasteiger partial charge in [-0.25, -0.2) is 14.6 Å². The van der Waals surface area contributed by atoms with Crippen LogP contribution in [0.2, 0.25) is 0 Å². The number of carbonyl (C=O) groups is 1. The van der Waals surface area contributed by atoms with Gasteiger partial charge in [0.2, 0.25) is 5.91 Å². The maximum Gasteiger partial charge on any atom is 0.231 e. The molecule has 40 heavy (non-hydrogen) atoms. The molecular formula is C33H33N5O2. The lowest BCUT2D eigenvalue weighted by molar-refractivity contribution is -0.123. The van der Waals surface area contributed by atoms with Gasteiger partial charge in [-0.3, -0.25) is 9.69 Å². The summed E-state index contributed by atoms with van der Waals surface area (Å²) in [6.07, 6.45) is 8.91. The third-order valence-electron chi connectivity index (χ3n) is 7.68. The van der Waals surface area contributed by atoms with Gasteiger partial charge in [0, 0.05) is 23.2 Å². The number of hydrogen-bond acceptors (Lipinski definition) is 5. The Labute approximate surface area is 234 Å². The smallest absolute Gasteiger partial charge is 0.231 e. The molecule has 2 aromatic carbocycles. The van der Waals surface area contributed by atoms with Crippen molar-refractivity contribution < 1.29 is 9.53 Å². The van der Waals surface area contributed by atoms with E-state index >= 15 is 0 Å². The van der Waals surface area contributed by atoms with E-state index in [1.165, 1.54) is 6.42 Å². The van der Waals surface area contributed by atoms with E-state index in [0.29, 0.717) is 12.4 Å². The number of aromatic nitrogens is 4. The number of amides is 1. The summed E-state index contributed by atoms with van der Waals surface area (Å²) >= 11 is 0. The van der Waals surface area contributed by atoms with E-state index < -0.39 is 0 Å². The van der Waals surface area contributed by atoms with Crippen molar-refractivity contribution >= 4 is 22.6 Å². The van der Waals surface area contributed by atoms with Crippen LogP contribution in [-0.4, -0.2) is 32.8 Å². The molecule has 0 spiro atoms. The van der Waals surface area contributed by atoms with Crippen LogP contribution in [0, 0.1) is 12.8 Å². The molecule has 7 heteroatoms. The van der Waals surface area contributed by atoms with Gasteiger partial charge in [0.15, 0.2) is 5.82 Å². The van der Waals surface area contributed by atoms with E-state index in [4.69, 9.17) is 14.7 Å². The summed E-state index contributed by atoms with van der Waals surface area (Å²) in [6.45, 7) is 2.37. The fourth-order valence-corrected chi connectivity index (χ4v) is 5.57. The average molecular weight is 532 g/mol. The second-order valence-corrected chi connectivity index (χ2v) is 10.5. The number of benzene rings is 2. The average Bonchev–Trinajstić information content (AvgIpc) is 3.44. The highest BCUT2D eigenvalue weighted by molar-refractivity contribution is 5.94. The summed E-state index contributed by atoms with van der Waals surface area (Å²) in [7, 11) is 1.67. The zero-order valence-corrected chi connectivity index (χ0v) is 23.0. The number of pyridine rings is 2. The van der Waals surface area contributed by atoms with Crippen LogP contribution in [0.25, 0.3) is 27.8 Å². The predicted molar refractivity (Wildman–Crippen MR) is 158 cm³/mol. The van der Waals surface area contributed by atoms with Crippen LogP contribution < -0.4 is 9.64 Å². The highest BCUT2D eigenvalue weighted by Gasteiger charge is 2.28. The number of fused-ring (bicyclic) bond motifs is 1. The van der Waals surface area contributed by atoms with Gasteiger partial charge >= 0.3 is 0 Å². The highest BCUT2D eigenvalue weighted by Crippen LogP contribution is 2.31. The summed E-state index contributed by atoms with van der Waals surface area (Å²) in [6, 6.07) is 24.1. The monoisotopic (exact) mass is 531 g/mol. The Bertz CT molecular complexity index is 1640. The summed E-state index contributed by atoms with van der Waals surface area (Å²) in [5.74, 6) is 2.34. The fourth-order valence-electron chi connectivity index (χ4n) is 5.57. The number of hydrogen-bond donors (Lipinski definition) is 0. The molecule has 1 fully saturated rings. The van der Waals surface area contributed by atoms with E-state index in [1.54, 1.807) is 7.11 Å². The molecule has 202 valence electrons. The molecule has 0 atom stereocenters. The van der Waals surface area contributed by atoms with Gasteiger partial charge in [-0.1, -0.05) is 55.7 Å². The predicted octanol–water partition coefficient (Wildman–Crippen LogP) is 6.91. The van der Waals surface area contributed by atoms with Crippen molar-refractivity contribution in [3.05, 3.63) is 96.4 Å². The number of nitrogens with zero attached hydrogens (tertiary/aromatic N) is 5. The lowest BCUT2D eigenvalue weighted by Gasteiger charge is -2.29. The number of methoxy groups -OCH3 is 1. The zero-order chi connectivity index (χ0) is 27.5. The van der Waals surface area contributed by atoms with Gasteiger partial charge in [-0.15, -0.1) is 0 Å². The molecule has 0 bridgehead atoms. The molecule has 0 saturated heterocycles. The van der Waals surface area contributed by atoms with Crippen molar-refractivity contribution in [2.45, 2.75) is 45.6 Å². The molecule has 1 aliphatic carbocycles. The van der Waals surface area contributed by atoms with Crippen LogP contribution in [0.3, 0.4) is 0 Å². The summed E-state index contributed by atoms with van der Waals surface area (Å²) in [5.41, 5.74) is 4.83. The van der Waals surface area contributed by atoms with Crippen LogP contribution in [-0.2, 0) is 11.3 Å². The molecule has 1 amide bonds. The zero-order valence-electron chi connectivity index (χ0n) is 23.0. The van der Waals surface area contributed by atoms with Crippen molar-refractivity contribution in [2.75, 3.05) is 12.0 Å².